The van der Waals surface area contributed by atoms with Gasteiger partial charge in [0.1, 0.15) is 5.82 Å². The number of nitrogens with zero attached hydrogens (tertiary/aromatic N) is 5. The third kappa shape index (κ3) is 4.92. The number of rotatable bonds is 5. The Kier molecular flexibility index (Phi) is 7.04. The van der Waals surface area contributed by atoms with E-state index in [1.165, 1.54) is 0 Å². The molecule has 0 spiro atoms. The Hall–Kier alpha value is -2.22. The standard InChI is InChI=1S/C27H34BrN5O/c1-20(2)31-15-17-32(18-16-31)27(34)21-11-13-30(14-12-21)19-26-29-24-5-3-4-6-25(24)33(26)23-9-7-22(28)8-10-23/h3-10,20-21H,11-19H2,1-2H3. The van der Waals surface area contributed by atoms with E-state index in [9.17, 15) is 4.79 Å². The van der Waals surface area contributed by atoms with Gasteiger partial charge in [-0.3, -0.25) is 19.2 Å². The molecule has 2 aromatic carbocycles. The Morgan fingerprint density at radius 3 is 2.32 bits per heavy atom. The number of para-hydroxylation sites is 2. The highest BCUT2D eigenvalue weighted by Gasteiger charge is 2.31. The van der Waals surface area contributed by atoms with Crippen LogP contribution in [0.15, 0.2) is 53.0 Å². The second-order valence-electron chi connectivity index (χ2n) is 9.83. The van der Waals surface area contributed by atoms with E-state index >= 15 is 0 Å². The molecule has 2 saturated heterocycles. The van der Waals surface area contributed by atoms with Gasteiger partial charge in [-0.15, -0.1) is 0 Å². The van der Waals surface area contributed by atoms with Gasteiger partial charge in [0.2, 0.25) is 5.91 Å². The lowest BCUT2D eigenvalue weighted by Gasteiger charge is -2.39. The molecule has 2 aliphatic heterocycles. The van der Waals surface area contributed by atoms with Crippen molar-refractivity contribution in [3.05, 3.63) is 58.8 Å². The van der Waals surface area contributed by atoms with E-state index < -0.39 is 0 Å². The van der Waals surface area contributed by atoms with Gasteiger partial charge in [0.15, 0.2) is 0 Å². The van der Waals surface area contributed by atoms with E-state index in [-0.39, 0.29) is 5.92 Å². The van der Waals surface area contributed by atoms with Crippen LogP contribution in [-0.2, 0) is 11.3 Å². The molecule has 7 heteroatoms. The topological polar surface area (TPSA) is 44.6 Å². The molecule has 0 atom stereocenters. The highest BCUT2D eigenvalue weighted by atomic mass is 79.9. The monoisotopic (exact) mass is 523 g/mol. The van der Waals surface area contributed by atoms with Crippen molar-refractivity contribution in [3.8, 4) is 5.69 Å². The van der Waals surface area contributed by atoms with Crippen LogP contribution < -0.4 is 0 Å². The van der Waals surface area contributed by atoms with Crippen LogP contribution in [0, 0.1) is 5.92 Å². The average Bonchev–Trinajstić information content (AvgIpc) is 3.22. The van der Waals surface area contributed by atoms with Crippen molar-refractivity contribution in [2.45, 2.75) is 39.3 Å². The Labute approximate surface area is 210 Å². The normalized spacial score (nSPS) is 18.8. The summed E-state index contributed by atoms with van der Waals surface area (Å²) in [6.07, 6.45) is 1.86. The van der Waals surface area contributed by atoms with E-state index in [1.54, 1.807) is 0 Å². The highest BCUT2D eigenvalue weighted by Crippen LogP contribution is 2.26. The summed E-state index contributed by atoms with van der Waals surface area (Å²) in [4.78, 5) is 25.2. The molecule has 6 nitrogen and oxygen atoms in total. The average molecular weight is 525 g/mol. The fourth-order valence-electron chi connectivity index (χ4n) is 5.32. The first-order valence-electron chi connectivity index (χ1n) is 12.5. The first kappa shape index (κ1) is 23.5. The minimum atomic E-state index is 0.159. The zero-order chi connectivity index (χ0) is 23.7. The molecule has 0 saturated carbocycles. The van der Waals surface area contributed by atoms with Gasteiger partial charge < -0.3 is 4.90 Å². The van der Waals surface area contributed by atoms with E-state index in [2.05, 4.69) is 91.5 Å². The summed E-state index contributed by atoms with van der Waals surface area (Å²) in [6.45, 7) is 10.9. The highest BCUT2D eigenvalue weighted by molar-refractivity contribution is 9.10. The maximum Gasteiger partial charge on any atom is 0.225 e. The lowest BCUT2D eigenvalue weighted by molar-refractivity contribution is -0.139. The first-order valence-corrected chi connectivity index (χ1v) is 13.3. The van der Waals surface area contributed by atoms with Gasteiger partial charge in [-0.25, -0.2) is 4.98 Å². The van der Waals surface area contributed by atoms with E-state index in [0.29, 0.717) is 11.9 Å². The number of piperidine rings is 1. The van der Waals surface area contributed by atoms with Crippen molar-refractivity contribution in [1.82, 2.24) is 24.3 Å². The summed E-state index contributed by atoms with van der Waals surface area (Å²) in [6, 6.07) is 17.3. The number of hydrogen-bond donors (Lipinski definition) is 0. The Bertz CT molecular complexity index is 1130. The lowest BCUT2D eigenvalue weighted by atomic mass is 9.95. The van der Waals surface area contributed by atoms with E-state index in [4.69, 9.17) is 4.98 Å². The number of amides is 1. The first-order chi connectivity index (χ1) is 16.5. The molecule has 180 valence electrons. The van der Waals surface area contributed by atoms with Gasteiger partial charge in [-0.1, -0.05) is 28.1 Å². The van der Waals surface area contributed by atoms with Crippen LogP contribution in [0.4, 0.5) is 0 Å². The number of halogens is 1. The Balaban J connectivity index is 1.25. The summed E-state index contributed by atoms with van der Waals surface area (Å²) < 4.78 is 3.34. The molecule has 2 aliphatic rings. The van der Waals surface area contributed by atoms with Crippen molar-refractivity contribution < 1.29 is 4.79 Å². The van der Waals surface area contributed by atoms with Gasteiger partial charge >= 0.3 is 0 Å². The fraction of sp³-hybridized carbons (Fsp3) is 0.481. The van der Waals surface area contributed by atoms with Crippen molar-refractivity contribution in [2.24, 2.45) is 5.92 Å². The zero-order valence-electron chi connectivity index (χ0n) is 20.2. The predicted molar refractivity (Wildman–Crippen MR) is 140 cm³/mol. The summed E-state index contributed by atoms with van der Waals surface area (Å²) >= 11 is 3.55. The molecule has 0 bridgehead atoms. The summed E-state index contributed by atoms with van der Waals surface area (Å²) in [5.74, 6) is 1.58. The fourth-order valence-corrected chi connectivity index (χ4v) is 5.58. The molecule has 1 aromatic heterocycles. The largest absolute Gasteiger partial charge is 0.340 e. The Morgan fingerprint density at radius 1 is 0.971 bits per heavy atom. The number of likely N-dealkylation sites (tertiary alicyclic amines) is 1. The molecule has 3 aromatic rings. The minimum Gasteiger partial charge on any atom is -0.340 e. The van der Waals surface area contributed by atoms with Gasteiger partial charge in [0.25, 0.3) is 0 Å². The quantitative estimate of drug-likeness (QED) is 0.491. The molecule has 34 heavy (non-hydrogen) atoms. The maximum absolute atomic E-state index is 13.1. The van der Waals surface area contributed by atoms with Crippen LogP contribution in [0.1, 0.15) is 32.5 Å². The number of carbonyl (C=O) groups excluding carboxylic acids is 1. The predicted octanol–water partition coefficient (Wildman–Crippen LogP) is 4.55. The van der Waals surface area contributed by atoms with Crippen molar-refractivity contribution in [2.75, 3.05) is 39.3 Å². The van der Waals surface area contributed by atoms with Gasteiger partial charge in [0, 0.05) is 48.3 Å². The van der Waals surface area contributed by atoms with Crippen molar-refractivity contribution in [3.63, 3.8) is 0 Å². The van der Waals surface area contributed by atoms with Crippen LogP contribution in [0.5, 0.6) is 0 Å². The van der Waals surface area contributed by atoms with Crippen LogP contribution in [0.2, 0.25) is 0 Å². The molecule has 0 unspecified atom stereocenters. The van der Waals surface area contributed by atoms with Crippen LogP contribution >= 0.6 is 15.9 Å². The molecule has 0 radical (unpaired) electrons. The van der Waals surface area contributed by atoms with Gasteiger partial charge in [-0.2, -0.15) is 0 Å². The lowest BCUT2D eigenvalue weighted by Crippen LogP contribution is -2.53. The number of imidazole rings is 1. The van der Waals surface area contributed by atoms with Gasteiger partial charge in [0.05, 0.1) is 17.6 Å². The molecule has 5 rings (SSSR count). The van der Waals surface area contributed by atoms with Crippen LogP contribution in [0.25, 0.3) is 16.7 Å². The third-order valence-electron chi connectivity index (χ3n) is 7.37. The molecular formula is C27H34BrN5O. The van der Waals surface area contributed by atoms with E-state index in [1.807, 2.05) is 6.07 Å². The summed E-state index contributed by atoms with van der Waals surface area (Å²) in [7, 11) is 0. The minimum absolute atomic E-state index is 0.159. The number of aromatic nitrogens is 2. The number of hydrogen-bond acceptors (Lipinski definition) is 4. The SMILES string of the molecule is CC(C)N1CCN(C(=O)C2CCN(Cc3nc4ccccc4n3-c3ccc(Br)cc3)CC2)CC1. The number of piperazine rings is 1. The van der Waals surface area contributed by atoms with E-state index in [0.717, 1.165) is 85.7 Å². The molecular weight excluding hydrogens is 490 g/mol. The second kappa shape index (κ2) is 10.2. The smallest absolute Gasteiger partial charge is 0.225 e. The van der Waals surface area contributed by atoms with Crippen LogP contribution in [0.3, 0.4) is 0 Å². The zero-order valence-corrected chi connectivity index (χ0v) is 21.7. The molecule has 3 heterocycles. The van der Waals surface area contributed by atoms with Crippen LogP contribution in [-0.4, -0.2) is 75.5 Å². The maximum atomic E-state index is 13.1. The number of carbonyl (C=O) groups is 1. The molecule has 1 amide bonds. The molecule has 0 aliphatic carbocycles. The van der Waals surface area contributed by atoms with Crippen molar-refractivity contribution >= 4 is 32.9 Å². The Morgan fingerprint density at radius 2 is 1.65 bits per heavy atom. The van der Waals surface area contributed by atoms with Crippen molar-refractivity contribution in [1.29, 1.82) is 0 Å². The number of benzene rings is 2. The second-order valence-corrected chi connectivity index (χ2v) is 10.7. The summed E-state index contributed by atoms with van der Waals surface area (Å²) in [5.41, 5.74) is 3.27. The molecule has 0 N–H and O–H groups in total. The summed E-state index contributed by atoms with van der Waals surface area (Å²) in [5, 5.41) is 0. The molecule has 2 fully saturated rings. The number of fused-ring (bicyclic) bond motifs is 1. The van der Waals surface area contributed by atoms with Gasteiger partial charge in [-0.05, 0) is 76.2 Å². The third-order valence-corrected chi connectivity index (χ3v) is 7.90.